The van der Waals surface area contributed by atoms with E-state index in [0.29, 0.717) is 6.61 Å². The van der Waals surface area contributed by atoms with Gasteiger partial charge in [-0.05, 0) is 27.7 Å². The van der Waals surface area contributed by atoms with Gasteiger partial charge in [-0.1, -0.05) is 0 Å². The Kier molecular flexibility index (Phi) is 4.95. The maximum atomic E-state index is 10.9. The van der Waals surface area contributed by atoms with E-state index in [0.717, 1.165) is 0 Å². The Morgan fingerprint density at radius 1 is 1.38 bits per heavy atom. The lowest BCUT2D eigenvalue weighted by Crippen LogP contribution is -2.30. The van der Waals surface area contributed by atoms with Crippen molar-refractivity contribution in [3.8, 4) is 0 Å². The summed E-state index contributed by atoms with van der Waals surface area (Å²) < 4.78 is 10.2. The highest BCUT2D eigenvalue weighted by Crippen LogP contribution is 2.05. The van der Waals surface area contributed by atoms with Crippen molar-refractivity contribution in [2.24, 2.45) is 5.73 Å². The predicted molar refractivity (Wildman–Crippen MR) is 50.3 cm³/mol. The molecule has 0 fully saturated rings. The molecule has 0 aliphatic heterocycles. The molecule has 0 bridgehead atoms. The van der Waals surface area contributed by atoms with Gasteiger partial charge in [-0.2, -0.15) is 0 Å². The van der Waals surface area contributed by atoms with Crippen molar-refractivity contribution < 1.29 is 14.3 Å². The van der Waals surface area contributed by atoms with Crippen LogP contribution in [0.15, 0.2) is 0 Å². The molecule has 13 heavy (non-hydrogen) atoms. The van der Waals surface area contributed by atoms with Crippen molar-refractivity contribution in [1.29, 1.82) is 0 Å². The quantitative estimate of drug-likeness (QED) is 0.522. The van der Waals surface area contributed by atoms with Crippen LogP contribution in [-0.4, -0.2) is 30.8 Å². The molecule has 0 aliphatic carbocycles. The van der Waals surface area contributed by atoms with E-state index in [1.54, 1.807) is 6.92 Å². The lowest BCUT2D eigenvalue weighted by Gasteiger charge is -2.19. The second kappa shape index (κ2) is 5.19. The first-order valence-electron chi connectivity index (χ1n) is 4.39. The molecule has 0 aromatic heterocycles. The normalized spacial score (nSPS) is 13.9. The van der Waals surface area contributed by atoms with Crippen LogP contribution in [0.3, 0.4) is 0 Å². The molecule has 1 atom stereocenters. The summed E-state index contributed by atoms with van der Waals surface area (Å²) in [5.74, 6) is -0.391. The molecule has 0 aromatic rings. The molecule has 0 amide bonds. The Morgan fingerprint density at radius 3 is 2.31 bits per heavy atom. The molecular weight excluding hydrogens is 170 g/mol. The maximum absolute atomic E-state index is 10.9. The molecule has 2 N–H and O–H groups in total. The minimum absolute atomic E-state index is 0.194. The number of hydrogen-bond acceptors (Lipinski definition) is 4. The second-order valence-electron chi connectivity index (χ2n) is 3.92. The number of carbonyl (C=O) groups excluding carboxylic acids is 1. The highest BCUT2D eigenvalue weighted by molar-refractivity contribution is 5.74. The Labute approximate surface area is 79.4 Å². The largest absolute Gasteiger partial charge is 0.462 e. The van der Waals surface area contributed by atoms with E-state index in [1.807, 2.05) is 20.8 Å². The summed E-state index contributed by atoms with van der Waals surface area (Å²) in [6, 6.07) is -0.561. The molecule has 0 saturated carbocycles. The standard InChI is InChI=1S/C9H19NO3/c1-7(10)8(11)12-5-6-13-9(2,3)4/h7H,5-6,10H2,1-4H3. The van der Waals surface area contributed by atoms with Crippen LogP contribution in [0.1, 0.15) is 27.7 Å². The Balaban J connectivity index is 3.42. The van der Waals surface area contributed by atoms with Gasteiger partial charge < -0.3 is 15.2 Å². The van der Waals surface area contributed by atoms with Crippen molar-refractivity contribution >= 4 is 5.97 Å². The van der Waals surface area contributed by atoms with E-state index in [4.69, 9.17) is 15.2 Å². The molecule has 0 spiro atoms. The summed E-state index contributed by atoms with van der Waals surface area (Å²) in [5, 5.41) is 0. The second-order valence-corrected chi connectivity index (χ2v) is 3.92. The van der Waals surface area contributed by atoms with Gasteiger partial charge in [0.1, 0.15) is 12.6 Å². The number of carbonyl (C=O) groups is 1. The predicted octanol–water partition coefficient (Wildman–Crippen LogP) is 0.692. The molecule has 0 saturated heterocycles. The summed E-state index contributed by atoms with van der Waals surface area (Å²) in [6.45, 7) is 8.09. The van der Waals surface area contributed by atoms with Crippen LogP contribution in [0.2, 0.25) is 0 Å². The number of hydrogen-bond donors (Lipinski definition) is 1. The van der Waals surface area contributed by atoms with Crippen LogP contribution >= 0.6 is 0 Å². The van der Waals surface area contributed by atoms with E-state index < -0.39 is 12.0 Å². The molecule has 0 aliphatic rings. The van der Waals surface area contributed by atoms with Crippen molar-refractivity contribution in [3.63, 3.8) is 0 Å². The Bertz CT molecular complexity index is 161. The van der Waals surface area contributed by atoms with E-state index in [1.165, 1.54) is 0 Å². The number of esters is 1. The summed E-state index contributed by atoms with van der Waals surface area (Å²) >= 11 is 0. The van der Waals surface area contributed by atoms with Crippen molar-refractivity contribution in [2.75, 3.05) is 13.2 Å². The van der Waals surface area contributed by atoms with Gasteiger partial charge in [0.05, 0.1) is 12.2 Å². The van der Waals surface area contributed by atoms with Gasteiger partial charge in [0.25, 0.3) is 0 Å². The van der Waals surface area contributed by atoms with E-state index in [-0.39, 0.29) is 12.2 Å². The molecule has 78 valence electrons. The minimum atomic E-state index is -0.561. The first kappa shape index (κ1) is 12.4. The van der Waals surface area contributed by atoms with Gasteiger partial charge in [-0.3, -0.25) is 4.79 Å². The summed E-state index contributed by atoms with van der Waals surface area (Å²) in [4.78, 5) is 10.9. The van der Waals surface area contributed by atoms with Gasteiger partial charge in [0.15, 0.2) is 0 Å². The molecule has 4 nitrogen and oxygen atoms in total. The average Bonchev–Trinajstić information content (AvgIpc) is 1.95. The zero-order valence-corrected chi connectivity index (χ0v) is 8.79. The van der Waals surface area contributed by atoms with E-state index in [9.17, 15) is 4.79 Å². The summed E-state index contributed by atoms with van der Waals surface area (Å²) in [6.07, 6.45) is 0. The lowest BCUT2D eigenvalue weighted by atomic mass is 10.2. The van der Waals surface area contributed by atoms with Gasteiger partial charge in [-0.15, -0.1) is 0 Å². The zero-order valence-electron chi connectivity index (χ0n) is 8.79. The lowest BCUT2D eigenvalue weighted by molar-refractivity contribution is -0.147. The fourth-order valence-corrected chi connectivity index (χ4v) is 0.622. The van der Waals surface area contributed by atoms with Gasteiger partial charge in [0.2, 0.25) is 0 Å². The van der Waals surface area contributed by atoms with Gasteiger partial charge in [-0.25, -0.2) is 0 Å². The minimum Gasteiger partial charge on any atom is -0.462 e. The third kappa shape index (κ3) is 7.74. The van der Waals surface area contributed by atoms with Crippen molar-refractivity contribution in [1.82, 2.24) is 0 Å². The van der Waals surface area contributed by atoms with Crippen LogP contribution in [-0.2, 0) is 14.3 Å². The third-order valence-corrected chi connectivity index (χ3v) is 1.23. The number of nitrogens with two attached hydrogens (primary N) is 1. The van der Waals surface area contributed by atoms with Gasteiger partial charge in [0, 0.05) is 0 Å². The van der Waals surface area contributed by atoms with Crippen LogP contribution in [0.4, 0.5) is 0 Å². The highest BCUT2D eigenvalue weighted by Gasteiger charge is 2.11. The summed E-state index contributed by atoms with van der Waals surface area (Å²) in [7, 11) is 0. The number of rotatable bonds is 4. The smallest absolute Gasteiger partial charge is 0.322 e. The Morgan fingerprint density at radius 2 is 1.92 bits per heavy atom. The molecule has 0 radical (unpaired) electrons. The molecule has 0 heterocycles. The summed E-state index contributed by atoms with van der Waals surface area (Å²) in [5.41, 5.74) is 5.09. The molecule has 1 unspecified atom stereocenters. The van der Waals surface area contributed by atoms with E-state index in [2.05, 4.69) is 0 Å². The Hall–Kier alpha value is -0.610. The van der Waals surface area contributed by atoms with Crippen LogP contribution in [0.5, 0.6) is 0 Å². The van der Waals surface area contributed by atoms with Gasteiger partial charge >= 0.3 is 5.97 Å². The maximum Gasteiger partial charge on any atom is 0.322 e. The molecule has 0 aromatic carbocycles. The fraction of sp³-hybridized carbons (Fsp3) is 0.889. The number of ether oxygens (including phenoxy) is 2. The van der Waals surface area contributed by atoms with E-state index >= 15 is 0 Å². The molecular formula is C9H19NO3. The monoisotopic (exact) mass is 189 g/mol. The first-order valence-corrected chi connectivity index (χ1v) is 4.39. The first-order chi connectivity index (χ1) is 5.83. The van der Waals surface area contributed by atoms with Crippen LogP contribution < -0.4 is 5.73 Å². The molecule has 0 rings (SSSR count). The highest BCUT2D eigenvalue weighted by atomic mass is 16.6. The fourth-order valence-electron chi connectivity index (χ4n) is 0.622. The van der Waals surface area contributed by atoms with Crippen molar-refractivity contribution in [2.45, 2.75) is 39.3 Å². The SMILES string of the molecule is CC(N)C(=O)OCCOC(C)(C)C. The third-order valence-electron chi connectivity index (χ3n) is 1.23. The topological polar surface area (TPSA) is 61.6 Å². The molecule has 4 heteroatoms. The van der Waals surface area contributed by atoms with Crippen molar-refractivity contribution in [3.05, 3.63) is 0 Å². The zero-order chi connectivity index (χ0) is 10.5. The van der Waals surface area contributed by atoms with Crippen LogP contribution in [0, 0.1) is 0 Å². The van der Waals surface area contributed by atoms with Crippen LogP contribution in [0.25, 0.3) is 0 Å². The average molecular weight is 189 g/mol.